The number of carbonyl (C=O) groups excluding carboxylic acids is 1. The molecule has 1 unspecified atom stereocenters. The highest BCUT2D eigenvalue weighted by molar-refractivity contribution is 6.17. The highest BCUT2D eigenvalue weighted by Crippen LogP contribution is 2.12. The first-order valence-electron chi connectivity index (χ1n) is 6.08. The summed E-state index contributed by atoms with van der Waals surface area (Å²) in [5.74, 6) is 0.342. The number of nitrogens with one attached hydrogen (secondary N) is 1. The van der Waals surface area contributed by atoms with Crippen LogP contribution in [0.5, 0.6) is 0 Å². The Balaban J connectivity index is 2.77. The van der Waals surface area contributed by atoms with Crippen LogP contribution in [0.25, 0.3) is 0 Å². The molecule has 0 aliphatic carbocycles. The van der Waals surface area contributed by atoms with Gasteiger partial charge in [0, 0.05) is 17.5 Å². The first-order valence-corrected chi connectivity index (χ1v) is 6.62. The van der Waals surface area contributed by atoms with Gasteiger partial charge in [0.05, 0.1) is 0 Å². The second-order valence-electron chi connectivity index (χ2n) is 4.77. The Bertz CT molecular complexity index is 420. The second-order valence-corrected chi connectivity index (χ2v) is 5.14. The Labute approximate surface area is 113 Å². The highest BCUT2D eigenvalue weighted by atomic mass is 35.5. The molecule has 0 bridgehead atoms. The van der Waals surface area contributed by atoms with Crippen LogP contribution >= 0.6 is 11.6 Å². The summed E-state index contributed by atoms with van der Waals surface area (Å²) in [5, 5.41) is 2.93. The molecule has 1 atom stereocenters. The van der Waals surface area contributed by atoms with Crippen LogP contribution in [0.15, 0.2) is 18.2 Å². The third-order valence-corrected chi connectivity index (χ3v) is 3.18. The van der Waals surface area contributed by atoms with E-state index < -0.39 is 0 Å². The summed E-state index contributed by atoms with van der Waals surface area (Å²) in [5.41, 5.74) is 0.954. The van der Waals surface area contributed by atoms with Crippen molar-refractivity contribution in [2.75, 3.05) is 5.88 Å². The Morgan fingerprint density at radius 2 is 2.11 bits per heavy atom. The van der Waals surface area contributed by atoms with E-state index in [0.29, 0.717) is 22.9 Å². The maximum atomic E-state index is 13.1. The molecule has 0 aromatic heterocycles. The van der Waals surface area contributed by atoms with Crippen LogP contribution in [0.3, 0.4) is 0 Å². The van der Waals surface area contributed by atoms with Gasteiger partial charge in [0.15, 0.2) is 0 Å². The van der Waals surface area contributed by atoms with Crippen molar-refractivity contribution in [3.63, 3.8) is 0 Å². The minimum Gasteiger partial charge on any atom is -0.349 e. The Hall–Kier alpha value is -1.09. The predicted octanol–water partition coefficient (Wildman–Crippen LogP) is 3.52. The molecule has 1 aromatic rings. The van der Waals surface area contributed by atoms with Crippen LogP contribution in [-0.4, -0.2) is 17.8 Å². The molecule has 0 saturated carbocycles. The van der Waals surface area contributed by atoms with Gasteiger partial charge in [0.1, 0.15) is 5.82 Å². The molecule has 0 aliphatic heterocycles. The Kier molecular flexibility index (Phi) is 5.60. The van der Waals surface area contributed by atoms with Crippen molar-refractivity contribution in [2.45, 2.75) is 33.2 Å². The predicted molar refractivity (Wildman–Crippen MR) is 72.6 cm³/mol. The Morgan fingerprint density at radius 1 is 1.44 bits per heavy atom. The molecule has 0 spiro atoms. The van der Waals surface area contributed by atoms with Gasteiger partial charge in [-0.1, -0.05) is 13.8 Å². The van der Waals surface area contributed by atoms with Gasteiger partial charge in [-0.15, -0.1) is 11.6 Å². The largest absolute Gasteiger partial charge is 0.349 e. The Morgan fingerprint density at radius 3 is 2.61 bits per heavy atom. The molecule has 18 heavy (non-hydrogen) atoms. The summed E-state index contributed by atoms with van der Waals surface area (Å²) in [6, 6.07) is 4.41. The standard InChI is InChI=1S/C14H19ClFNO/c1-9(2)13(6-7-15)17-14(18)11-4-5-12(16)10(3)8-11/h4-5,8-9,13H,6-7H2,1-3H3,(H,17,18). The van der Waals surface area contributed by atoms with Crippen molar-refractivity contribution in [1.82, 2.24) is 5.32 Å². The molecular weight excluding hydrogens is 253 g/mol. The lowest BCUT2D eigenvalue weighted by atomic mass is 10.0. The van der Waals surface area contributed by atoms with Crippen LogP contribution < -0.4 is 5.32 Å². The van der Waals surface area contributed by atoms with Crippen LogP contribution in [0.2, 0.25) is 0 Å². The lowest BCUT2D eigenvalue weighted by Crippen LogP contribution is -2.38. The molecule has 4 heteroatoms. The van der Waals surface area contributed by atoms with Crippen LogP contribution in [-0.2, 0) is 0 Å². The number of carbonyl (C=O) groups is 1. The van der Waals surface area contributed by atoms with Crippen LogP contribution in [0, 0.1) is 18.7 Å². The fourth-order valence-electron chi connectivity index (χ4n) is 1.73. The molecule has 1 N–H and O–H groups in total. The van der Waals surface area contributed by atoms with E-state index in [9.17, 15) is 9.18 Å². The van der Waals surface area contributed by atoms with Gasteiger partial charge < -0.3 is 5.32 Å². The molecule has 0 fully saturated rings. The van der Waals surface area contributed by atoms with Crippen LogP contribution in [0.4, 0.5) is 4.39 Å². The van der Waals surface area contributed by atoms with Crippen molar-refractivity contribution >= 4 is 17.5 Å². The SMILES string of the molecule is Cc1cc(C(=O)NC(CCCl)C(C)C)ccc1F. The average molecular weight is 272 g/mol. The minimum absolute atomic E-state index is 0.0420. The molecule has 1 amide bonds. The molecular formula is C14H19ClFNO. The van der Waals surface area contributed by atoms with Gasteiger partial charge in [0.2, 0.25) is 0 Å². The maximum absolute atomic E-state index is 13.1. The van der Waals surface area contributed by atoms with E-state index in [1.54, 1.807) is 13.0 Å². The fourth-order valence-corrected chi connectivity index (χ4v) is 1.96. The van der Waals surface area contributed by atoms with E-state index in [1.807, 2.05) is 13.8 Å². The van der Waals surface area contributed by atoms with Crippen LogP contribution in [0.1, 0.15) is 36.2 Å². The third-order valence-electron chi connectivity index (χ3n) is 2.96. The van der Waals surface area contributed by atoms with Crippen molar-refractivity contribution in [2.24, 2.45) is 5.92 Å². The monoisotopic (exact) mass is 271 g/mol. The molecule has 100 valence electrons. The van der Waals surface area contributed by atoms with Gasteiger partial charge in [-0.3, -0.25) is 4.79 Å². The summed E-state index contributed by atoms with van der Waals surface area (Å²) in [7, 11) is 0. The number of benzene rings is 1. The van der Waals surface area contributed by atoms with Crippen molar-refractivity contribution in [1.29, 1.82) is 0 Å². The summed E-state index contributed by atoms with van der Waals surface area (Å²) >= 11 is 5.71. The van der Waals surface area contributed by atoms with Gasteiger partial charge in [-0.05, 0) is 43.0 Å². The average Bonchev–Trinajstić information content (AvgIpc) is 2.31. The van der Waals surface area contributed by atoms with E-state index in [-0.39, 0.29) is 17.8 Å². The number of alkyl halides is 1. The zero-order valence-corrected chi connectivity index (χ0v) is 11.7. The fraction of sp³-hybridized carbons (Fsp3) is 0.500. The first kappa shape index (κ1) is 15.0. The van der Waals surface area contributed by atoms with E-state index in [4.69, 9.17) is 11.6 Å². The van der Waals surface area contributed by atoms with Crippen molar-refractivity contribution in [3.05, 3.63) is 35.1 Å². The minimum atomic E-state index is -0.298. The smallest absolute Gasteiger partial charge is 0.251 e. The van der Waals surface area contributed by atoms with Gasteiger partial charge in [-0.25, -0.2) is 4.39 Å². The lowest BCUT2D eigenvalue weighted by molar-refractivity contribution is 0.0925. The number of halogens is 2. The summed E-state index contributed by atoms with van der Waals surface area (Å²) < 4.78 is 13.1. The zero-order chi connectivity index (χ0) is 13.7. The molecule has 1 aromatic carbocycles. The lowest BCUT2D eigenvalue weighted by Gasteiger charge is -2.21. The first-order chi connectivity index (χ1) is 8.45. The van der Waals surface area contributed by atoms with E-state index in [2.05, 4.69) is 5.32 Å². The number of rotatable bonds is 5. The zero-order valence-electron chi connectivity index (χ0n) is 11.0. The van der Waals surface area contributed by atoms with Crippen molar-refractivity contribution in [3.8, 4) is 0 Å². The topological polar surface area (TPSA) is 29.1 Å². The molecule has 1 rings (SSSR count). The third kappa shape index (κ3) is 3.98. The quantitative estimate of drug-likeness (QED) is 0.816. The number of amides is 1. The van der Waals surface area contributed by atoms with Crippen molar-refractivity contribution < 1.29 is 9.18 Å². The number of hydrogen-bond donors (Lipinski definition) is 1. The summed E-state index contributed by atoms with van der Waals surface area (Å²) in [4.78, 5) is 12.0. The number of aryl methyl sites for hydroxylation is 1. The highest BCUT2D eigenvalue weighted by Gasteiger charge is 2.17. The number of hydrogen-bond acceptors (Lipinski definition) is 1. The molecule has 0 heterocycles. The van der Waals surface area contributed by atoms with Gasteiger partial charge >= 0.3 is 0 Å². The van der Waals surface area contributed by atoms with E-state index in [0.717, 1.165) is 6.42 Å². The molecule has 0 saturated heterocycles. The summed E-state index contributed by atoms with van der Waals surface area (Å²) in [6.07, 6.45) is 0.727. The van der Waals surface area contributed by atoms with Gasteiger partial charge in [0.25, 0.3) is 5.91 Å². The van der Waals surface area contributed by atoms with E-state index in [1.165, 1.54) is 12.1 Å². The maximum Gasteiger partial charge on any atom is 0.251 e. The second kappa shape index (κ2) is 6.74. The molecule has 0 radical (unpaired) electrons. The van der Waals surface area contributed by atoms with Gasteiger partial charge in [-0.2, -0.15) is 0 Å². The molecule has 0 aliphatic rings. The van der Waals surface area contributed by atoms with E-state index >= 15 is 0 Å². The molecule has 2 nitrogen and oxygen atoms in total. The summed E-state index contributed by atoms with van der Waals surface area (Å²) in [6.45, 7) is 5.71. The normalized spacial score (nSPS) is 12.6.